The molecule has 1 unspecified atom stereocenters. The number of rotatable bonds is 5. The number of nitrogens with zero attached hydrogens (tertiary/aromatic N) is 3. The summed E-state index contributed by atoms with van der Waals surface area (Å²) in [6.45, 7) is 1.11. The molecular formula is C21H20N4O4S2. The molecule has 3 heterocycles. The van der Waals surface area contributed by atoms with Crippen molar-refractivity contribution in [1.82, 2.24) is 9.29 Å². The minimum Gasteiger partial charge on any atom is -0.382 e. The summed E-state index contributed by atoms with van der Waals surface area (Å²) in [5.41, 5.74) is 2.28. The Bertz CT molecular complexity index is 1270. The summed E-state index contributed by atoms with van der Waals surface area (Å²) in [7, 11) is -3.50. The zero-order valence-electron chi connectivity index (χ0n) is 16.5. The zero-order chi connectivity index (χ0) is 21.4. The Hall–Kier alpha value is -2.82. The van der Waals surface area contributed by atoms with Gasteiger partial charge in [0.25, 0.3) is 5.91 Å². The van der Waals surface area contributed by atoms with Gasteiger partial charge in [-0.3, -0.25) is 10.1 Å². The lowest BCUT2D eigenvalue weighted by molar-refractivity contribution is -0.125. The SMILES string of the molecule is O=C(Nc1nc2ccc(S(=O)(=O)N3CCCC3)cc2s1)C1CC(c2ccccc2)=NO1. The molecule has 1 atom stereocenters. The average Bonchev–Trinajstić information content (AvgIpc) is 3.54. The summed E-state index contributed by atoms with van der Waals surface area (Å²) in [4.78, 5) is 22.6. The molecule has 2 aliphatic heterocycles. The Balaban J connectivity index is 1.29. The molecule has 3 aromatic rings. The van der Waals surface area contributed by atoms with Crippen molar-refractivity contribution < 1.29 is 18.0 Å². The van der Waals surface area contributed by atoms with Crippen molar-refractivity contribution in [2.75, 3.05) is 18.4 Å². The minimum atomic E-state index is -3.50. The van der Waals surface area contributed by atoms with Gasteiger partial charge >= 0.3 is 0 Å². The van der Waals surface area contributed by atoms with E-state index >= 15 is 0 Å². The predicted molar refractivity (Wildman–Crippen MR) is 119 cm³/mol. The maximum absolute atomic E-state index is 12.8. The van der Waals surface area contributed by atoms with E-state index in [-0.39, 0.29) is 10.8 Å². The van der Waals surface area contributed by atoms with E-state index < -0.39 is 16.1 Å². The van der Waals surface area contributed by atoms with Crippen molar-refractivity contribution in [2.24, 2.45) is 5.16 Å². The number of hydrogen-bond acceptors (Lipinski definition) is 7. The fourth-order valence-corrected chi connectivity index (χ4v) is 6.23. The number of carbonyl (C=O) groups is 1. The van der Waals surface area contributed by atoms with Gasteiger partial charge in [0.2, 0.25) is 16.1 Å². The van der Waals surface area contributed by atoms with Crippen LogP contribution in [0.5, 0.6) is 0 Å². The molecule has 5 rings (SSSR count). The van der Waals surface area contributed by atoms with Crippen LogP contribution in [0.3, 0.4) is 0 Å². The van der Waals surface area contributed by atoms with Crippen molar-refractivity contribution in [3.8, 4) is 0 Å². The second-order valence-electron chi connectivity index (χ2n) is 7.45. The second kappa shape index (κ2) is 8.03. The number of fused-ring (bicyclic) bond motifs is 1. The molecule has 0 bridgehead atoms. The summed E-state index contributed by atoms with van der Waals surface area (Å²) in [6.07, 6.45) is 1.42. The number of hydrogen-bond donors (Lipinski definition) is 1. The van der Waals surface area contributed by atoms with E-state index in [4.69, 9.17) is 4.84 Å². The molecule has 160 valence electrons. The smallest absolute Gasteiger partial charge is 0.270 e. The molecule has 0 spiro atoms. The molecule has 0 radical (unpaired) electrons. The standard InChI is InChI=1S/C21H20N4O4S2/c26-20(18-13-17(24-29-18)14-6-2-1-3-7-14)23-21-22-16-9-8-15(12-19(16)30-21)31(27,28)25-10-4-5-11-25/h1-3,6-9,12,18H,4-5,10-11,13H2,(H,22,23,26). The van der Waals surface area contributed by atoms with Gasteiger partial charge in [-0.25, -0.2) is 13.4 Å². The Kier molecular flexibility index (Phi) is 5.20. The Morgan fingerprint density at radius 1 is 1.13 bits per heavy atom. The molecule has 8 nitrogen and oxygen atoms in total. The van der Waals surface area contributed by atoms with Gasteiger partial charge in [-0.2, -0.15) is 4.31 Å². The van der Waals surface area contributed by atoms with E-state index in [0.29, 0.717) is 34.9 Å². The maximum Gasteiger partial charge on any atom is 0.270 e. The van der Waals surface area contributed by atoms with Crippen LogP contribution in [-0.2, 0) is 19.7 Å². The third-order valence-corrected chi connectivity index (χ3v) is 8.19. The van der Waals surface area contributed by atoms with E-state index in [1.54, 1.807) is 18.2 Å². The lowest BCUT2D eigenvalue weighted by atomic mass is 10.1. The van der Waals surface area contributed by atoms with Gasteiger partial charge in [0.05, 0.1) is 20.8 Å². The van der Waals surface area contributed by atoms with Crippen LogP contribution in [-0.4, -0.2) is 48.5 Å². The van der Waals surface area contributed by atoms with Gasteiger partial charge in [-0.15, -0.1) is 0 Å². The number of carbonyl (C=O) groups excluding carboxylic acids is 1. The van der Waals surface area contributed by atoms with Crippen LogP contribution in [0.15, 0.2) is 58.6 Å². The highest BCUT2D eigenvalue weighted by Gasteiger charge is 2.30. The molecule has 1 saturated heterocycles. The highest BCUT2D eigenvalue weighted by molar-refractivity contribution is 7.89. The van der Waals surface area contributed by atoms with Crippen molar-refractivity contribution in [3.05, 3.63) is 54.1 Å². The first-order chi connectivity index (χ1) is 15.0. The van der Waals surface area contributed by atoms with Gasteiger partial charge in [0, 0.05) is 19.5 Å². The molecule has 2 aromatic carbocycles. The van der Waals surface area contributed by atoms with Gasteiger partial charge < -0.3 is 4.84 Å². The van der Waals surface area contributed by atoms with E-state index in [1.807, 2.05) is 30.3 Å². The predicted octanol–water partition coefficient (Wildman–Crippen LogP) is 3.21. The maximum atomic E-state index is 12.8. The molecule has 0 aliphatic carbocycles. The van der Waals surface area contributed by atoms with Gasteiger partial charge in [-0.05, 0) is 36.6 Å². The lowest BCUT2D eigenvalue weighted by Crippen LogP contribution is -2.27. The van der Waals surface area contributed by atoms with E-state index in [2.05, 4.69) is 15.5 Å². The lowest BCUT2D eigenvalue weighted by Gasteiger charge is -2.15. The number of anilines is 1. The van der Waals surface area contributed by atoms with Crippen LogP contribution in [0.25, 0.3) is 10.2 Å². The fourth-order valence-electron chi connectivity index (χ4n) is 3.70. The Morgan fingerprint density at radius 3 is 2.68 bits per heavy atom. The number of oxime groups is 1. The first kappa shape index (κ1) is 20.1. The number of thiazole rings is 1. The average molecular weight is 457 g/mol. The van der Waals surface area contributed by atoms with Crippen LogP contribution in [0.4, 0.5) is 5.13 Å². The highest BCUT2D eigenvalue weighted by atomic mass is 32.2. The summed E-state index contributed by atoms with van der Waals surface area (Å²) in [5, 5.41) is 7.20. The molecule has 10 heteroatoms. The van der Waals surface area contributed by atoms with E-state index in [1.165, 1.54) is 15.6 Å². The third-order valence-electron chi connectivity index (χ3n) is 5.36. The first-order valence-electron chi connectivity index (χ1n) is 10.0. The quantitative estimate of drug-likeness (QED) is 0.635. The van der Waals surface area contributed by atoms with Gasteiger partial charge in [-0.1, -0.05) is 46.8 Å². The first-order valence-corrected chi connectivity index (χ1v) is 12.3. The zero-order valence-corrected chi connectivity index (χ0v) is 18.2. The second-order valence-corrected chi connectivity index (χ2v) is 10.4. The van der Waals surface area contributed by atoms with Crippen molar-refractivity contribution in [1.29, 1.82) is 0 Å². The topological polar surface area (TPSA) is 101 Å². The number of sulfonamides is 1. The summed E-state index contributed by atoms with van der Waals surface area (Å²) >= 11 is 1.24. The van der Waals surface area contributed by atoms with Crippen LogP contribution in [0, 0.1) is 0 Å². The molecule has 31 heavy (non-hydrogen) atoms. The molecule has 1 amide bonds. The molecule has 1 fully saturated rings. The van der Waals surface area contributed by atoms with E-state index in [9.17, 15) is 13.2 Å². The summed E-state index contributed by atoms with van der Waals surface area (Å²) in [6, 6.07) is 14.4. The summed E-state index contributed by atoms with van der Waals surface area (Å²) in [5.74, 6) is -0.335. The van der Waals surface area contributed by atoms with Crippen molar-refractivity contribution >= 4 is 48.3 Å². The van der Waals surface area contributed by atoms with Crippen LogP contribution in [0.2, 0.25) is 0 Å². The third kappa shape index (κ3) is 3.93. The minimum absolute atomic E-state index is 0.253. The highest BCUT2D eigenvalue weighted by Crippen LogP contribution is 2.30. The fraction of sp³-hybridized carbons (Fsp3) is 0.286. The molecule has 1 aromatic heterocycles. The summed E-state index contributed by atoms with van der Waals surface area (Å²) < 4.78 is 27.8. The Labute approximate surface area is 183 Å². The van der Waals surface area contributed by atoms with Crippen molar-refractivity contribution in [2.45, 2.75) is 30.3 Å². The number of aromatic nitrogens is 1. The van der Waals surface area contributed by atoms with Crippen LogP contribution in [0.1, 0.15) is 24.8 Å². The monoisotopic (exact) mass is 456 g/mol. The van der Waals surface area contributed by atoms with Gasteiger partial charge in [0.15, 0.2) is 5.13 Å². The number of amides is 1. The Morgan fingerprint density at radius 2 is 1.90 bits per heavy atom. The normalized spacial score (nSPS) is 19.4. The van der Waals surface area contributed by atoms with E-state index in [0.717, 1.165) is 24.1 Å². The van der Waals surface area contributed by atoms with Crippen molar-refractivity contribution in [3.63, 3.8) is 0 Å². The van der Waals surface area contributed by atoms with Crippen LogP contribution >= 0.6 is 11.3 Å². The largest absolute Gasteiger partial charge is 0.382 e. The molecule has 0 saturated carbocycles. The van der Waals surface area contributed by atoms with Gasteiger partial charge in [0.1, 0.15) is 0 Å². The number of nitrogens with one attached hydrogen (secondary N) is 1. The molecule has 1 N–H and O–H groups in total. The molecule has 2 aliphatic rings. The van der Waals surface area contributed by atoms with Crippen LogP contribution < -0.4 is 5.32 Å². The molecular weight excluding hydrogens is 436 g/mol. The number of benzene rings is 2.